The second-order valence-electron chi connectivity index (χ2n) is 3.09. The predicted molar refractivity (Wildman–Crippen MR) is 52.7 cm³/mol. The number of aromatic nitrogens is 2. The second-order valence-corrected chi connectivity index (χ2v) is 3.09. The first-order chi connectivity index (χ1) is 7.08. The third-order valence-electron chi connectivity index (χ3n) is 2.02. The van der Waals surface area contributed by atoms with Gasteiger partial charge in [-0.3, -0.25) is 14.9 Å². The molecule has 2 aromatic rings. The van der Waals surface area contributed by atoms with Crippen LogP contribution in [0.25, 0.3) is 10.9 Å². The summed E-state index contributed by atoms with van der Waals surface area (Å²) in [6.45, 7) is 1.38. The van der Waals surface area contributed by atoms with E-state index in [9.17, 15) is 14.9 Å². The third kappa shape index (κ3) is 1.56. The van der Waals surface area contributed by atoms with E-state index in [-0.39, 0.29) is 11.6 Å². The minimum Gasteiger partial charge on any atom is -0.273 e. The fourth-order valence-electron chi connectivity index (χ4n) is 1.29. The van der Waals surface area contributed by atoms with Gasteiger partial charge in [0, 0.05) is 30.6 Å². The van der Waals surface area contributed by atoms with Crippen molar-refractivity contribution < 1.29 is 9.72 Å². The van der Waals surface area contributed by atoms with Crippen LogP contribution in [-0.4, -0.2) is 20.6 Å². The molecule has 1 aromatic heterocycles. The number of carbonyl (C=O) groups excluding carboxylic acids is 1. The lowest BCUT2D eigenvalue weighted by molar-refractivity contribution is -0.384. The van der Waals surface area contributed by atoms with Gasteiger partial charge in [-0.05, 0) is 6.07 Å². The van der Waals surface area contributed by atoms with Gasteiger partial charge in [0.05, 0.1) is 10.4 Å². The van der Waals surface area contributed by atoms with Gasteiger partial charge < -0.3 is 0 Å². The Kier molecular flexibility index (Phi) is 1.96. The minimum atomic E-state index is -0.482. The smallest absolute Gasteiger partial charge is 0.270 e. The summed E-state index contributed by atoms with van der Waals surface area (Å²) in [5, 5.41) is 15.0. The fraction of sp³-hybridized carbons (Fsp3) is 0.111. The SMILES string of the molecule is CC(=O)n1cc2cc([N+](=O)[O-])ccc2n1. The average Bonchev–Trinajstić information content (AvgIpc) is 2.59. The molecule has 0 fully saturated rings. The molecule has 0 atom stereocenters. The van der Waals surface area contributed by atoms with Gasteiger partial charge in [-0.25, -0.2) is 4.68 Å². The van der Waals surface area contributed by atoms with E-state index >= 15 is 0 Å². The van der Waals surface area contributed by atoms with Gasteiger partial charge in [0.25, 0.3) is 5.69 Å². The molecular formula is C9H7N3O3. The molecule has 0 amide bonds. The fourth-order valence-corrected chi connectivity index (χ4v) is 1.29. The van der Waals surface area contributed by atoms with Crippen molar-refractivity contribution >= 4 is 22.5 Å². The molecule has 0 spiro atoms. The minimum absolute atomic E-state index is 0.00870. The zero-order valence-corrected chi connectivity index (χ0v) is 7.88. The number of rotatable bonds is 1. The Labute approximate surface area is 84.3 Å². The zero-order chi connectivity index (χ0) is 11.0. The van der Waals surface area contributed by atoms with Crippen LogP contribution >= 0.6 is 0 Å². The summed E-state index contributed by atoms with van der Waals surface area (Å²) in [5.41, 5.74) is 0.557. The lowest BCUT2D eigenvalue weighted by Gasteiger charge is -1.88. The van der Waals surface area contributed by atoms with Crippen molar-refractivity contribution in [2.75, 3.05) is 0 Å². The highest BCUT2D eigenvalue weighted by Gasteiger charge is 2.09. The maximum absolute atomic E-state index is 11.0. The third-order valence-corrected chi connectivity index (χ3v) is 2.02. The standard InChI is InChI=1S/C9H7N3O3/c1-6(13)11-5-7-4-8(12(14)15)2-3-9(7)10-11/h2-5H,1H3. The summed E-state index contributed by atoms with van der Waals surface area (Å²) in [6.07, 6.45) is 1.48. The Morgan fingerprint density at radius 3 is 2.87 bits per heavy atom. The molecule has 15 heavy (non-hydrogen) atoms. The van der Waals surface area contributed by atoms with Crippen LogP contribution in [0.1, 0.15) is 11.7 Å². The summed E-state index contributed by atoms with van der Waals surface area (Å²) in [6, 6.07) is 4.27. The number of nitro groups is 1. The lowest BCUT2D eigenvalue weighted by atomic mass is 10.2. The molecule has 0 saturated carbocycles. The van der Waals surface area contributed by atoms with Crippen LogP contribution in [0.3, 0.4) is 0 Å². The van der Waals surface area contributed by atoms with Crippen LogP contribution in [0.5, 0.6) is 0 Å². The molecule has 0 bridgehead atoms. The summed E-state index contributed by atoms with van der Waals surface area (Å²) < 4.78 is 1.16. The molecule has 0 N–H and O–H groups in total. The molecule has 0 unspecified atom stereocenters. The monoisotopic (exact) mass is 205 g/mol. The number of carbonyl (C=O) groups is 1. The number of nitro benzene ring substituents is 1. The van der Waals surface area contributed by atoms with Crippen LogP contribution in [0, 0.1) is 10.1 Å². The first-order valence-corrected chi connectivity index (χ1v) is 4.23. The average molecular weight is 205 g/mol. The molecule has 76 valence electrons. The summed E-state index contributed by atoms with van der Waals surface area (Å²) >= 11 is 0. The van der Waals surface area contributed by atoms with Crippen LogP contribution in [-0.2, 0) is 0 Å². The van der Waals surface area contributed by atoms with E-state index in [1.54, 1.807) is 0 Å². The van der Waals surface area contributed by atoms with Crippen LogP contribution in [0.15, 0.2) is 24.4 Å². The molecule has 6 nitrogen and oxygen atoms in total. The van der Waals surface area contributed by atoms with Crippen molar-refractivity contribution in [1.82, 2.24) is 9.78 Å². The van der Waals surface area contributed by atoms with Crippen molar-refractivity contribution in [1.29, 1.82) is 0 Å². The number of hydrogen-bond acceptors (Lipinski definition) is 4. The van der Waals surface area contributed by atoms with Gasteiger partial charge in [0.15, 0.2) is 0 Å². The van der Waals surface area contributed by atoms with Gasteiger partial charge in [0.2, 0.25) is 5.91 Å². The summed E-state index contributed by atoms with van der Waals surface area (Å²) in [5.74, 6) is -0.228. The van der Waals surface area contributed by atoms with E-state index in [1.807, 2.05) is 0 Å². The van der Waals surface area contributed by atoms with Gasteiger partial charge in [-0.2, -0.15) is 5.10 Å². The quantitative estimate of drug-likeness (QED) is 0.523. The van der Waals surface area contributed by atoms with Gasteiger partial charge in [-0.1, -0.05) is 0 Å². The van der Waals surface area contributed by atoms with Crippen molar-refractivity contribution in [2.24, 2.45) is 0 Å². The molecule has 0 aliphatic rings. The van der Waals surface area contributed by atoms with E-state index in [2.05, 4.69) is 5.10 Å². The van der Waals surface area contributed by atoms with Crippen LogP contribution in [0.4, 0.5) is 5.69 Å². The number of benzene rings is 1. The highest BCUT2D eigenvalue weighted by Crippen LogP contribution is 2.19. The van der Waals surface area contributed by atoms with Crippen molar-refractivity contribution in [3.8, 4) is 0 Å². The molecule has 0 aliphatic carbocycles. The molecule has 1 heterocycles. The van der Waals surface area contributed by atoms with Crippen molar-refractivity contribution in [3.63, 3.8) is 0 Å². The van der Waals surface area contributed by atoms with E-state index in [0.717, 1.165) is 4.68 Å². The molecular weight excluding hydrogens is 198 g/mol. The number of hydrogen-bond donors (Lipinski definition) is 0. The molecule has 6 heteroatoms. The second kappa shape index (κ2) is 3.16. The number of non-ortho nitro benzene ring substituents is 1. The maximum Gasteiger partial charge on any atom is 0.270 e. The highest BCUT2D eigenvalue weighted by atomic mass is 16.6. The summed E-state index contributed by atoms with van der Waals surface area (Å²) in [4.78, 5) is 21.0. The van der Waals surface area contributed by atoms with Gasteiger partial charge >= 0.3 is 0 Å². The maximum atomic E-state index is 11.0. The Morgan fingerprint density at radius 1 is 1.53 bits per heavy atom. The van der Waals surface area contributed by atoms with Crippen molar-refractivity contribution in [2.45, 2.75) is 6.92 Å². The van der Waals surface area contributed by atoms with E-state index in [4.69, 9.17) is 0 Å². The van der Waals surface area contributed by atoms with E-state index in [0.29, 0.717) is 10.9 Å². The molecule has 0 radical (unpaired) electrons. The van der Waals surface area contributed by atoms with Crippen molar-refractivity contribution in [3.05, 3.63) is 34.5 Å². The lowest BCUT2D eigenvalue weighted by Crippen LogP contribution is -2.04. The van der Waals surface area contributed by atoms with Crippen LogP contribution in [0.2, 0.25) is 0 Å². The van der Waals surface area contributed by atoms with E-state index < -0.39 is 4.92 Å². The molecule has 0 aliphatic heterocycles. The largest absolute Gasteiger partial charge is 0.273 e. The Morgan fingerprint density at radius 2 is 2.27 bits per heavy atom. The Balaban J connectivity index is 2.62. The Hall–Kier alpha value is -2.24. The normalized spacial score (nSPS) is 10.5. The van der Waals surface area contributed by atoms with Gasteiger partial charge in [0.1, 0.15) is 0 Å². The topological polar surface area (TPSA) is 78.0 Å². The molecule has 0 saturated heterocycles. The number of fused-ring (bicyclic) bond motifs is 1. The summed E-state index contributed by atoms with van der Waals surface area (Å²) in [7, 11) is 0. The predicted octanol–water partition coefficient (Wildman–Crippen LogP) is 1.60. The van der Waals surface area contributed by atoms with Gasteiger partial charge in [-0.15, -0.1) is 0 Å². The van der Waals surface area contributed by atoms with E-state index in [1.165, 1.54) is 31.3 Å². The molecule has 1 aromatic carbocycles. The first-order valence-electron chi connectivity index (χ1n) is 4.23. The van der Waals surface area contributed by atoms with Crippen LogP contribution < -0.4 is 0 Å². The molecule has 2 rings (SSSR count). The highest BCUT2D eigenvalue weighted by molar-refractivity contribution is 5.85. The first kappa shape index (κ1) is 9.32. The number of nitrogens with zero attached hydrogens (tertiary/aromatic N) is 3. The Bertz CT molecular complexity index is 547. The zero-order valence-electron chi connectivity index (χ0n) is 7.88.